The zero-order chi connectivity index (χ0) is 19.2. The lowest BCUT2D eigenvalue weighted by Gasteiger charge is -2.23. The molecule has 1 N–H and O–H groups in total. The Morgan fingerprint density at radius 3 is 2.85 bits per heavy atom. The molecule has 1 aromatic rings. The van der Waals surface area contributed by atoms with Gasteiger partial charge in [-0.1, -0.05) is 37.3 Å². The molecule has 27 heavy (non-hydrogen) atoms. The van der Waals surface area contributed by atoms with Crippen molar-refractivity contribution in [3.8, 4) is 0 Å². The number of hydrogen-bond donors (Lipinski definition) is 1. The minimum atomic E-state index is -0.373. The van der Waals surface area contributed by atoms with Crippen LogP contribution in [0.4, 0.5) is 0 Å². The molecule has 0 bridgehead atoms. The maximum Gasteiger partial charge on any atom is 0.223 e. The Kier molecular flexibility index (Phi) is 6.61. The SMILES string of the molecule is CC(CCNC(=O)CCc1ccccc1)CC(=O)N1CCC2OCC(=O)C21. The minimum absolute atomic E-state index is 0.0178. The van der Waals surface area contributed by atoms with E-state index in [0.29, 0.717) is 25.9 Å². The summed E-state index contributed by atoms with van der Waals surface area (Å²) in [5.41, 5.74) is 1.15. The van der Waals surface area contributed by atoms with E-state index in [1.54, 1.807) is 4.90 Å². The predicted molar refractivity (Wildman–Crippen MR) is 101 cm³/mol. The van der Waals surface area contributed by atoms with E-state index in [2.05, 4.69) is 5.32 Å². The largest absolute Gasteiger partial charge is 0.368 e. The van der Waals surface area contributed by atoms with Gasteiger partial charge in [-0.25, -0.2) is 0 Å². The van der Waals surface area contributed by atoms with Crippen molar-refractivity contribution in [2.45, 2.75) is 51.2 Å². The Bertz CT molecular complexity index is 676. The number of fused-ring (bicyclic) bond motifs is 1. The molecule has 6 heteroatoms. The van der Waals surface area contributed by atoms with Crippen LogP contribution in [0.5, 0.6) is 0 Å². The molecule has 146 valence electrons. The highest BCUT2D eigenvalue weighted by atomic mass is 16.5. The lowest BCUT2D eigenvalue weighted by Crippen LogP contribution is -2.42. The number of benzene rings is 1. The number of Topliss-reactive ketones (excluding diaryl/α,β-unsaturated/α-hetero) is 1. The molecule has 6 nitrogen and oxygen atoms in total. The Hall–Kier alpha value is -2.21. The van der Waals surface area contributed by atoms with Gasteiger partial charge in [0.2, 0.25) is 11.8 Å². The Morgan fingerprint density at radius 1 is 1.30 bits per heavy atom. The summed E-state index contributed by atoms with van der Waals surface area (Å²) < 4.78 is 5.43. The van der Waals surface area contributed by atoms with Gasteiger partial charge < -0.3 is 15.0 Å². The van der Waals surface area contributed by atoms with Gasteiger partial charge in [0.05, 0.1) is 6.10 Å². The van der Waals surface area contributed by atoms with Gasteiger partial charge in [-0.3, -0.25) is 14.4 Å². The third kappa shape index (κ3) is 5.16. The van der Waals surface area contributed by atoms with Crippen molar-refractivity contribution in [1.29, 1.82) is 0 Å². The second kappa shape index (κ2) is 9.13. The van der Waals surface area contributed by atoms with Crippen LogP contribution in [0, 0.1) is 5.92 Å². The molecule has 2 saturated heterocycles. The van der Waals surface area contributed by atoms with Gasteiger partial charge in [-0.2, -0.15) is 0 Å². The van der Waals surface area contributed by atoms with Crippen LogP contribution in [0.15, 0.2) is 30.3 Å². The summed E-state index contributed by atoms with van der Waals surface area (Å²) in [4.78, 5) is 38.1. The van der Waals surface area contributed by atoms with Crippen molar-refractivity contribution in [2.24, 2.45) is 5.92 Å². The van der Waals surface area contributed by atoms with E-state index in [0.717, 1.165) is 24.8 Å². The maximum absolute atomic E-state index is 12.5. The predicted octanol–water partition coefficient (Wildman–Crippen LogP) is 1.72. The molecule has 1 aromatic carbocycles. The minimum Gasteiger partial charge on any atom is -0.368 e. The van der Waals surface area contributed by atoms with Gasteiger partial charge in [0, 0.05) is 25.9 Å². The summed E-state index contributed by atoms with van der Waals surface area (Å²) in [7, 11) is 0. The standard InChI is InChI=1S/C21H28N2O4/c1-15(9-11-22-19(25)8-7-16-5-3-2-4-6-16)13-20(26)23-12-10-18-21(23)17(24)14-27-18/h2-6,15,18,21H,7-14H2,1H3,(H,22,25). The van der Waals surface area contributed by atoms with Crippen molar-refractivity contribution < 1.29 is 19.1 Å². The Morgan fingerprint density at radius 2 is 2.07 bits per heavy atom. The van der Waals surface area contributed by atoms with Crippen LogP contribution in [-0.2, 0) is 25.5 Å². The summed E-state index contributed by atoms with van der Waals surface area (Å²) in [6.07, 6.45) is 2.98. The van der Waals surface area contributed by atoms with Crippen LogP contribution in [0.2, 0.25) is 0 Å². The molecular weight excluding hydrogens is 344 g/mol. The second-order valence-corrected chi connectivity index (χ2v) is 7.57. The average Bonchev–Trinajstić information content (AvgIpc) is 3.24. The second-order valence-electron chi connectivity index (χ2n) is 7.57. The Labute approximate surface area is 160 Å². The molecule has 2 heterocycles. The monoisotopic (exact) mass is 372 g/mol. The molecule has 0 aliphatic carbocycles. The fourth-order valence-electron chi connectivity index (χ4n) is 3.84. The van der Waals surface area contributed by atoms with Crippen LogP contribution in [0.3, 0.4) is 0 Å². The number of likely N-dealkylation sites (tertiary alicyclic amines) is 1. The van der Waals surface area contributed by atoms with E-state index in [4.69, 9.17) is 4.74 Å². The molecule has 0 radical (unpaired) electrons. The third-order valence-electron chi connectivity index (χ3n) is 5.40. The van der Waals surface area contributed by atoms with E-state index >= 15 is 0 Å². The number of carbonyl (C=O) groups excluding carboxylic acids is 3. The van der Waals surface area contributed by atoms with Crippen LogP contribution in [0.1, 0.15) is 38.2 Å². The van der Waals surface area contributed by atoms with Gasteiger partial charge >= 0.3 is 0 Å². The first-order chi connectivity index (χ1) is 13.0. The van der Waals surface area contributed by atoms with Crippen LogP contribution >= 0.6 is 0 Å². The van der Waals surface area contributed by atoms with Gasteiger partial charge in [0.1, 0.15) is 12.6 Å². The average molecular weight is 372 g/mol. The third-order valence-corrected chi connectivity index (χ3v) is 5.40. The lowest BCUT2D eigenvalue weighted by molar-refractivity contribution is -0.137. The molecule has 3 atom stereocenters. The van der Waals surface area contributed by atoms with Crippen LogP contribution < -0.4 is 5.32 Å². The summed E-state index contributed by atoms with van der Waals surface area (Å²) in [5.74, 6) is 0.227. The number of nitrogens with zero attached hydrogens (tertiary/aromatic N) is 1. The first kappa shape index (κ1) is 19.5. The Balaban J connectivity index is 1.33. The van der Waals surface area contributed by atoms with E-state index in [-0.39, 0.29) is 42.3 Å². The number of carbonyl (C=O) groups is 3. The number of ether oxygens (including phenoxy) is 1. The number of ketones is 1. The number of rotatable bonds is 8. The summed E-state index contributed by atoms with van der Waals surface area (Å²) in [5, 5.41) is 2.93. The summed E-state index contributed by atoms with van der Waals surface area (Å²) in [6, 6.07) is 9.57. The number of nitrogens with one attached hydrogen (secondary N) is 1. The fraction of sp³-hybridized carbons (Fsp3) is 0.571. The molecule has 0 aromatic heterocycles. The van der Waals surface area contributed by atoms with Gasteiger partial charge in [-0.15, -0.1) is 0 Å². The quantitative estimate of drug-likeness (QED) is 0.754. The molecule has 0 saturated carbocycles. The van der Waals surface area contributed by atoms with Crippen LogP contribution in [0.25, 0.3) is 0 Å². The van der Waals surface area contributed by atoms with E-state index in [9.17, 15) is 14.4 Å². The van der Waals surface area contributed by atoms with Gasteiger partial charge in [0.15, 0.2) is 5.78 Å². The fourth-order valence-corrected chi connectivity index (χ4v) is 3.84. The molecule has 0 spiro atoms. The first-order valence-electron chi connectivity index (χ1n) is 9.79. The van der Waals surface area contributed by atoms with Gasteiger partial charge in [-0.05, 0) is 30.7 Å². The molecular formula is C21H28N2O4. The zero-order valence-electron chi connectivity index (χ0n) is 15.9. The maximum atomic E-state index is 12.5. The molecule has 2 fully saturated rings. The van der Waals surface area contributed by atoms with E-state index in [1.165, 1.54) is 0 Å². The van der Waals surface area contributed by atoms with Gasteiger partial charge in [0.25, 0.3) is 0 Å². The highest BCUT2D eigenvalue weighted by molar-refractivity contribution is 5.92. The summed E-state index contributed by atoms with van der Waals surface area (Å²) >= 11 is 0. The molecule has 3 rings (SSSR count). The highest BCUT2D eigenvalue weighted by Gasteiger charge is 2.46. The van der Waals surface area contributed by atoms with Crippen molar-refractivity contribution in [2.75, 3.05) is 19.7 Å². The smallest absolute Gasteiger partial charge is 0.223 e. The van der Waals surface area contributed by atoms with Crippen LogP contribution in [-0.4, -0.2) is 54.3 Å². The topological polar surface area (TPSA) is 75.7 Å². The molecule has 2 amide bonds. The van der Waals surface area contributed by atoms with Crippen molar-refractivity contribution in [3.05, 3.63) is 35.9 Å². The zero-order valence-corrected chi connectivity index (χ0v) is 15.9. The van der Waals surface area contributed by atoms with Crippen molar-refractivity contribution >= 4 is 17.6 Å². The summed E-state index contributed by atoms with van der Waals surface area (Å²) in [6.45, 7) is 3.30. The van der Waals surface area contributed by atoms with E-state index < -0.39 is 0 Å². The number of hydrogen-bond acceptors (Lipinski definition) is 4. The molecule has 2 aliphatic heterocycles. The van der Waals surface area contributed by atoms with Crippen molar-refractivity contribution in [3.63, 3.8) is 0 Å². The number of amides is 2. The number of aryl methyl sites for hydroxylation is 1. The normalized spacial score (nSPS) is 22.6. The van der Waals surface area contributed by atoms with E-state index in [1.807, 2.05) is 37.3 Å². The lowest BCUT2D eigenvalue weighted by atomic mass is 10.0. The van der Waals surface area contributed by atoms with Crippen molar-refractivity contribution in [1.82, 2.24) is 10.2 Å². The molecule has 2 aliphatic rings. The first-order valence-corrected chi connectivity index (χ1v) is 9.79. The molecule has 3 unspecified atom stereocenters. The highest BCUT2D eigenvalue weighted by Crippen LogP contribution is 2.28.